The van der Waals surface area contributed by atoms with Crippen LogP contribution in [0.25, 0.3) is 0 Å². The molecular weight excluding hydrogens is 410 g/mol. The lowest BCUT2D eigenvalue weighted by atomic mass is 9.49. The van der Waals surface area contributed by atoms with Gasteiger partial charge in [-0.2, -0.15) is 0 Å². The number of amides is 2. The van der Waals surface area contributed by atoms with Crippen molar-refractivity contribution < 1.29 is 9.59 Å². The van der Waals surface area contributed by atoms with Gasteiger partial charge >= 0.3 is 0 Å². The molecule has 2 atom stereocenters. The van der Waals surface area contributed by atoms with Crippen molar-refractivity contribution in [2.24, 2.45) is 17.3 Å². The second-order valence-electron chi connectivity index (χ2n) is 9.88. The lowest BCUT2D eigenvalue weighted by molar-refractivity contribution is -0.129. The third-order valence-corrected chi connectivity index (χ3v) is 8.18. The Morgan fingerprint density at radius 1 is 1.16 bits per heavy atom. The highest BCUT2D eigenvalue weighted by molar-refractivity contribution is 6.33. The Kier molecular flexibility index (Phi) is 6.45. The molecule has 0 N–H and O–H groups in total. The molecule has 0 spiro atoms. The molecule has 1 heterocycles. The quantitative estimate of drug-likeness (QED) is 0.625. The summed E-state index contributed by atoms with van der Waals surface area (Å²) < 4.78 is 0. The van der Waals surface area contributed by atoms with Crippen molar-refractivity contribution in [2.45, 2.75) is 33.6 Å². The number of hydrogen-bond donors (Lipinski definition) is 0. The van der Waals surface area contributed by atoms with Crippen LogP contribution >= 0.6 is 11.6 Å². The SMILES string of the molecule is CC(=O)N(CCN1CCN(C(=O)c2ccccc2Cl)CC1)CC1=CCC2CC1C2(C)C. The van der Waals surface area contributed by atoms with Crippen molar-refractivity contribution in [1.29, 1.82) is 0 Å². The van der Waals surface area contributed by atoms with Gasteiger partial charge < -0.3 is 9.80 Å². The molecule has 0 aromatic heterocycles. The van der Waals surface area contributed by atoms with E-state index in [1.807, 2.05) is 21.9 Å². The van der Waals surface area contributed by atoms with E-state index in [1.54, 1.807) is 19.1 Å². The minimum atomic E-state index is 0.00117. The highest BCUT2D eigenvalue weighted by Gasteiger charge is 2.51. The van der Waals surface area contributed by atoms with E-state index in [4.69, 9.17) is 11.6 Å². The molecule has 2 unspecified atom stereocenters. The molecule has 5 nitrogen and oxygen atoms in total. The van der Waals surface area contributed by atoms with Crippen molar-refractivity contribution in [3.05, 3.63) is 46.5 Å². The fourth-order valence-corrected chi connectivity index (χ4v) is 5.68. The molecule has 1 aromatic rings. The number of benzene rings is 1. The molecule has 5 rings (SSSR count). The molecular formula is C25H34ClN3O2. The number of nitrogens with zero attached hydrogens (tertiary/aromatic N) is 3. The monoisotopic (exact) mass is 443 g/mol. The number of piperazine rings is 1. The van der Waals surface area contributed by atoms with E-state index in [-0.39, 0.29) is 11.8 Å². The van der Waals surface area contributed by atoms with Gasteiger partial charge in [0, 0.05) is 52.7 Å². The van der Waals surface area contributed by atoms with E-state index in [0.717, 1.165) is 45.1 Å². The van der Waals surface area contributed by atoms with E-state index in [2.05, 4.69) is 24.8 Å². The summed E-state index contributed by atoms with van der Waals surface area (Å²) in [5.41, 5.74) is 2.41. The minimum Gasteiger partial charge on any atom is -0.338 e. The smallest absolute Gasteiger partial charge is 0.255 e. The maximum atomic E-state index is 12.8. The van der Waals surface area contributed by atoms with Crippen LogP contribution in [0.5, 0.6) is 0 Å². The van der Waals surface area contributed by atoms with Gasteiger partial charge in [-0.15, -0.1) is 0 Å². The van der Waals surface area contributed by atoms with Crippen LogP contribution in [0, 0.1) is 17.3 Å². The van der Waals surface area contributed by atoms with Crippen molar-refractivity contribution in [3.8, 4) is 0 Å². The van der Waals surface area contributed by atoms with Gasteiger partial charge in [0.2, 0.25) is 5.91 Å². The van der Waals surface area contributed by atoms with Crippen LogP contribution in [-0.2, 0) is 4.79 Å². The van der Waals surface area contributed by atoms with Gasteiger partial charge in [-0.25, -0.2) is 0 Å². The Morgan fingerprint density at radius 2 is 1.87 bits per heavy atom. The second kappa shape index (κ2) is 8.95. The average molecular weight is 444 g/mol. The molecule has 6 heteroatoms. The number of carbonyl (C=O) groups excluding carboxylic acids is 2. The maximum absolute atomic E-state index is 12.8. The predicted molar refractivity (Wildman–Crippen MR) is 124 cm³/mol. The zero-order valence-electron chi connectivity index (χ0n) is 18.9. The Hall–Kier alpha value is -1.85. The lowest BCUT2D eigenvalue weighted by Crippen LogP contribution is -2.52. The molecule has 2 amide bonds. The standard InChI is InChI=1S/C25H34ClN3O2/c1-18(30)29(17-19-8-9-20-16-22(19)25(20,2)3)15-12-27-10-13-28(14-11-27)24(31)21-6-4-5-7-23(21)26/h4-8,20,22H,9-17H2,1-3H3. The first-order chi connectivity index (χ1) is 14.8. The van der Waals surface area contributed by atoms with Gasteiger partial charge in [0.15, 0.2) is 0 Å². The molecule has 0 radical (unpaired) electrons. The summed E-state index contributed by atoms with van der Waals surface area (Å²) in [6.07, 6.45) is 4.83. The van der Waals surface area contributed by atoms with Crippen LogP contribution in [0.4, 0.5) is 0 Å². The number of fused-ring (bicyclic) bond motifs is 1. The van der Waals surface area contributed by atoms with Gasteiger partial charge in [0.05, 0.1) is 10.6 Å². The van der Waals surface area contributed by atoms with Gasteiger partial charge in [-0.1, -0.05) is 49.2 Å². The lowest BCUT2D eigenvalue weighted by Gasteiger charge is -2.57. The molecule has 1 aromatic carbocycles. The summed E-state index contributed by atoms with van der Waals surface area (Å²) in [5.74, 6) is 1.60. The van der Waals surface area contributed by atoms with Crippen LogP contribution in [-0.4, -0.2) is 72.3 Å². The molecule has 2 fully saturated rings. The Balaban J connectivity index is 1.27. The van der Waals surface area contributed by atoms with E-state index in [9.17, 15) is 9.59 Å². The summed E-state index contributed by atoms with van der Waals surface area (Å²) >= 11 is 6.19. The molecule has 31 heavy (non-hydrogen) atoms. The van der Waals surface area contributed by atoms with Gasteiger partial charge in [0.25, 0.3) is 5.91 Å². The van der Waals surface area contributed by atoms with Crippen LogP contribution in [0.2, 0.25) is 5.02 Å². The zero-order valence-corrected chi connectivity index (χ0v) is 19.7. The summed E-state index contributed by atoms with van der Waals surface area (Å²) in [6, 6.07) is 7.23. The Labute approximate surface area is 191 Å². The summed E-state index contributed by atoms with van der Waals surface area (Å²) in [5, 5.41) is 0.505. The molecule has 1 aliphatic heterocycles. The number of rotatable bonds is 6. The molecule has 3 aliphatic carbocycles. The van der Waals surface area contributed by atoms with Crippen LogP contribution in [0.1, 0.15) is 44.0 Å². The molecule has 4 aliphatic rings. The number of halogens is 1. The van der Waals surface area contributed by atoms with Crippen LogP contribution in [0.15, 0.2) is 35.9 Å². The third kappa shape index (κ3) is 4.54. The normalized spacial score (nSPS) is 24.9. The van der Waals surface area contributed by atoms with E-state index >= 15 is 0 Å². The van der Waals surface area contributed by atoms with Crippen LogP contribution < -0.4 is 0 Å². The molecule has 2 bridgehead atoms. The highest BCUT2D eigenvalue weighted by atomic mass is 35.5. The summed E-state index contributed by atoms with van der Waals surface area (Å²) in [7, 11) is 0. The van der Waals surface area contributed by atoms with E-state index in [1.165, 1.54) is 12.0 Å². The van der Waals surface area contributed by atoms with Crippen molar-refractivity contribution in [3.63, 3.8) is 0 Å². The number of hydrogen-bond acceptors (Lipinski definition) is 3. The summed E-state index contributed by atoms with van der Waals surface area (Å²) in [6.45, 7) is 11.8. The Morgan fingerprint density at radius 3 is 2.48 bits per heavy atom. The first kappa shape index (κ1) is 22.3. The second-order valence-corrected chi connectivity index (χ2v) is 10.3. The largest absolute Gasteiger partial charge is 0.338 e. The topological polar surface area (TPSA) is 43.9 Å². The first-order valence-corrected chi connectivity index (χ1v) is 11.9. The van der Waals surface area contributed by atoms with Gasteiger partial charge in [-0.05, 0) is 42.2 Å². The molecule has 168 valence electrons. The van der Waals surface area contributed by atoms with Gasteiger partial charge in [-0.3, -0.25) is 14.5 Å². The fraction of sp³-hybridized carbons (Fsp3) is 0.600. The van der Waals surface area contributed by atoms with Gasteiger partial charge in [0.1, 0.15) is 0 Å². The first-order valence-electron chi connectivity index (χ1n) is 11.5. The van der Waals surface area contributed by atoms with E-state index < -0.39 is 0 Å². The average Bonchev–Trinajstić information content (AvgIpc) is 2.76. The van der Waals surface area contributed by atoms with Crippen molar-refractivity contribution in [2.75, 3.05) is 45.8 Å². The predicted octanol–water partition coefficient (Wildman–Crippen LogP) is 3.94. The number of allylic oxidation sites excluding steroid dienone is 1. The van der Waals surface area contributed by atoms with E-state index in [0.29, 0.717) is 35.0 Å². The summed E-state index contributed by atoms with van der Waals surface area (Å²) in [4.78, 5) is 31.3. The maximum Gasteiger partial charge on any atom is 0.255 e. The highest BCUT2D eigenvalue weighted by Crippen LogP contribution is 2.59. The van der Waals surface area contributed by atoms with Crippen molar-refractivity contribution in [1.82, 2.24) is 14.7 Å². The minimum absolute atomic E-state index is 0.00117. The van der Waals surface area contributed by atoms with Crippen LogP contribution in [0.3, 0.4) is 0 Å². The Bertz CT molecular complexity index is 873. The molecule has 1 saturated heterocycles. The number of carbonyl (C=O) groups is 2. The zero-order chi connectivity index (χ0) is 22.2. The van der Waals surface area contributed by atoms with Crippen molar-refractivity contribution >= 4 is 23.4 Å². The fourth-order valence-electron chi connectivity index (χ4n) is 5.47. The third-order valence-electron chi connectivity index (χ3n) is 7.85. The molecule has 1 saturated carbocycles.